The van der Waals surface area contributed by atoms with Crippen molar-refractivity contribution in [2.24, 2.45) is 5.92 Å². The largest absolute Gasteiger partial charge is 0.469 e. The quantitative estimate of drug-likeness (QED) is 0.805. The molecule has 0 aromatic heterocycles. The van der Waals surface area contributed by atoms with E-state index in [2.05, 4.69) is 42.8 Å². The van der Waals surface area contributed by atoms with Gasteiger partial charge in [-0.2, -0.15) is 0 Å². The molecule has 1 aromatic rings. The lowest BCUT2D eigenvalue weighted by Crippen LogP contribution is -2.49. The van der Waals surface area contributed by atoms with Gasteiger partial charge in [0.2, 0.25) is 0 Å². The summed E-state index contributed by atoms with van der Waals surface area (Å²) in [5.41, 5.74) is 3.49. The first-order valence-corrected chi connectivity index (χ1v) is 8.08. The second-order valence-electron chi connectivity index (χ2n) is 6.76. The Balaban J connectivity index is 0.00000192. The molecule has 3 rings (SSSR count). The molecule has 4 unspecified atom stereocenters. The summed E-state index contributed by atoms with van der Waals surface area (Å²) in [6, 6.07) is 9.47. The molecule has 2 fully saturated rings. The van der Waals surface area contributed by atoms with Crippen LogP contribution in [0.1, 0.15) is 43.2 Å². The Morgan fingerprint density at radius 1 is 1.26 bits per heavy atom. The number of hydrogen-bond donors (Lipinski definition) is 0. The molecule has 2 bridgehead atoms. The van der Waals surface area contributed by atoms with Crippen molar-refractivity contribution in [3.8, 4) is 0 Å². The van der Waals surface area contributed by atoms with Crippen LogP contribution in [0.3, 0.4) is 0 Å². The molecular weight excluding hydrogens is 290 g/mol. The van der Waals surface area contributed by atoms with Crippen LogP contribution in [0.5, 0.6) is 0 Å². The first-order valence-electron chi connectivity index (χ1n) is 8.08. The van der Waals surface area contributed by atoms with Crippen LogP contribution in [0, 0.1) is 5.92 Å². The molecular formula is C19H27NO3. The average Bonchev–Trinajstić information content (AvgIpc) is 2.76. The van der Waals surface area contributed by atoms with Gasteiger partial charge in [0.1, 0.15) is 0 Å². The standard InChI is InChI=1S/C19H25NO2.H2O/c1-12(2)13-5-7-14(8-6-13)16-11-15-9-10-17(20(15)3)18(16)19(21)22-4;/h5-8,15-18H,1,9-11H2,2-4H3;1H2. The minimum atomic E-state index is -0.0637. The number of benzene rings is 1. The molecule has 4 atom stereocenters. The molecule has 2 aliphatic rings. The average molecular weight is 317 g/mol. The van der Waals surface area contributed by atoms with Gasteiger partial charge in [-0.15, -0.1) is 0 Å². The van der Waals surface area contributed by atoms with Crippen LogP contribution in [-0.4, -0.2) is 42.6 Å². The summed E-state index contributed by atoms with van der Waals surface area (Å²) in [5, 5.41) is 0. The summed E-state index contributed by atoms with van der Waals surface area (Å²) in [7, 11) is 3.66. The summed E-state index contributed by atoms with van der Waals surface area (Å²) >= 11 is 0. The molecule has 2 saturated heterocycles. The smallest absolute Gasteiger partial charge is 0.310 e. The van der Waals surface area contributed by atoms with Gasteiger partial charge in [0.15, 0.2) is 0 Å². The molecule has 2 aliphatic heterocycles. The Labute approximate surface area is 138 Å². The minimum Gasteiger partial charge on any atom is -0.469 e. The fourth-order valence-corrected chi connectivity index (χ4v) is 4.28. The first-order chi connectivity index (χ1) is 10.5. The molecule has 23 heavy (non-hydrogen) atoms. The SMILES string of the molecule is C=C(C)c1ccc(C2CC3CCC(C2C(=O)OC)N3C)cc1.O. The summed E-state index contributed by atoms with van der Waals surface area (Å²) in [6.45, 7) is 6.00. The minimum absolute atomic E-state index is 0. The zero-order valence-electron chi connectivity index (χ0n) is 14.2. The van der Waals surface area contributed by atoms with E-state index >= 15 is 0 Å². The van der Waals surface area contributed by atoms with Crippen LogP contribution in [0.4, 0.5) is 0 Å². The topological polar surface area (TPSA) is 61.0 Å². The molecule has 0 radical (unpaired) electrons. The van der Waals surface area contributed by atoms with Crippen molar-refractivity contribution in [1.82, 2.24) is 4.90 Å². The van der Waals surface area contributed by atoms with Crippen LogP contribution in [0.15, 0.2) is 30.8 Å². The second-order valence-corrected chi connectivity index (χ2v) is 6.76. The third kappa shape index (κ3) is 3.06. The molecule has 4 nitrogen and oxygen atoms in total. The molecule has 0 amide bonds. The summed E-state index contributed by atoms with van der Waals surface area (Å²) < 4.78 is 5.12. The van der Waals surface area contributed by atoms with Crippen LogP contribution in [0.2, 0.25) is 0 Å². The maximum atomic E-state index is 12.4. The van der Waals surface area contributed by atoms with Crippen molar-refractivity contribution in [1.29, 1.82) is 0 Å². The summed E-state index contributed by atoms with van der Waals surface area (Å²) in [5.74, 6) is 0.149. The number of carbonyl (C=O) groups excluding carboxylic acids is 1. The number of esters is 1. The maximum Gasteiger partial charge on any atom is 0.310 e. The lowest BCUT2D eigenvalue weighted by Gasteiger charge is -2.41. The van der Waals surface area contributed by atoms with Crippen LogP contribution >= 0.6 is 0 Å². The fraction of sp³-hybridized carbons (Fsp3) is 0.526. The van der Waals surface area contributed by atoms with Gasteiger partial charge in [0.05, 0.1) is 13.0 Å². The van der Waals surface area contributed by atoms with E-state index in [9.17, 15) is 4.79 Å². The van der Waals surface area contributed by atoms with Gasteiger partial charge in [0.25, 0.3) is 0 Å². The maximum absolute atomic E-state index is 12.4. The van der Waals surface area contributed by atoms with Crippen molar-refractivity contribution >= 4 is 11.5 Å². The third-order valence-electron chi connectivity index (χ3n) is 5.57. The lowest BCUT2D eigenvalue weighted by molar-refractivity contribution is -0.150. The molecule has 0 spiro atoms. The zero-order chi connectivity index (χ0) is 15.9. The molecule has 4 heteroatoms. The first kappa shape index (κ1) is 17.7. The van der Waals surface area contributed by atoms with Crippen molar-refractivity contribution in [2.45, 2.75) is 44.2 Å². The number of nitrogens with zero attached hydrogens (tertiary/aromatic N) is 1. The Kier molecular flexibility index (Phi) is 5.27. The van der Waals surface area contributed by atoms with Crippen molar-refractivity contribution < 1.29 is 15.0 Å². The van der Waals surface area contributed by atoms with E-state index in [1.165, 1.54) is 19.1 Å². The van der Waals surface area contributed by atoms with Gasteiger partial charge in [0, 0.05) is 18.0 Å². The van der Waals surface area contributed by atoms with Gasteiger partial charge in [-0.25, -0.2) is 0 Å². The fourth-order valence-electron chi connectivity index (χ4n) is 4.28. The number of hydrogen-bond acceptors (Lipinski definition) is 3. The van der Waals surface area contributed by atoms with Gasteiger partial charge in [-0.05, 0) is 44.4 Å². The number of methoxy groups -OCH3 is 1. The van der Waals surface area contributed by atoms with E-state index in [4.69, 9.17) is 4.74 Å². The molecule has 0 saturated carbocycles. The molecule has 1 aromatic carbocycles. The van der Waals surface area contributed by atoms with Crippen molar-refractivity contribution in [2.75, 3.05) is 14.2 Å². The Hall–Kier alpha value is -1.65. The van der Waals surface area contributed by atoms with Gasteiger partial charge < -0.3 is 10.2 Å². The van der Waals surface area contributed by atoms with E-state index in [-0.39, 0.29) is 23.3 Å². The summed E-state index contributed by atoms with van der Waals surface area (Å²) in [6.07, 6.45) is 3.33. The number of rotatable bonds is 3. The Morgan fingerprint density at radius 2 is 1.91 bits per heavy atom. The number of allylic oxidation sites excluding steroid dienone is 1. The predicted molar refractivity (Wildman–Crippen MR) is 92.2 cm³/mol. The third-order valence-corrected chi connectivity index (χ3v) is 5.57. The van der Waals surface area contributed by atoms with Crippen LogP contribution in [-0.2, 0) is 9.53 Å². The van der Waals surface area contributed by atoms with Crippen molar-refractivity contribution in [3.05, 3.63) is 42.0 Å². The van der Waals surface area contributed by atoms with Crippen molar-refractivity contribution in [3.63, 3.8) is 0 Å². The monoisotopic (exact) mass is 317 g/mol. The van der Waals surface area contributed by atoms with E-state index in [0.717, 1.165) is 24.0 Å². The number of fused-ring (bicyclic) bond motifs is 2. The van der Waals surface area contributed by atoms with Crippen LogP contribution in [0.25, 0.3) is 5.57 Å². The highest BCUT2D eigenvalue weighted by molar-refractivity contribution is 5.75. The second kappa shape index (κ2) is 6.85. The van der Waals surface area contributed by atoms with E-state index in [1.807, 2.05) is 6.92 Å². The van der Waals surface area contributed by atoms with E-state index < -0.39 is 0 Å². The molecule has 2 N–H and O–H groups in total. The highest BCUT2D eigenvalue weighted by Gasteiger charge is 2.49. The molecule has 2 heterocycles. The highest BCUT2D eigenvalue weighted by atomic mass is 16.5. The predicted octanol–water partition coefficient (Wildman–Crippen LogP) is 2.63. The van der Waals surface area contributed by atoms with Gasteiger partial charge in [-0.3, -0.25) is 9.69 Å². The van der Waals surface area contributed by atoms with E-state index in [0.29, 0.717) is 12.1 Å². The summed E-state index contributed by atoms with van der Waals surface area (Å²) in [4.78, 5) is 14.8. The number of carbonyl (C=O) groups is 1. The van der Waals surface area contributed by atoms with Gasteiger partial charge in [-0.1, -0.05) is 36.4 Å². The molecule has 126 valence electrons. The lowest BCUT2D eigenvalue weighted by atomic mass is 9.76. The van der Waals surface area contributed by atoms with E-state index in [1.54, 1.807) is 0 Å². The Bertz CT molecular complexity index is 581. The normalized spacial score (nSPS) is 29.7. The molecule has 0 aliphatic carbocycles. The Morgan fingerprint density at radius 3 is 2.48 bits per heavy atom. The van der Waals surface area contributed by atoms with Crippen LogP contribution < -0.4 is 0 Å². The highest BCUT2D eigenvalue weighted by Crippen LogP contribution is 2.46. The number of piperidine rings is 1. The zero-order valence-corrected chi connectivity index (χ0v) is 14.2. The van der Waals surface area contributed by atoms with Gasteiger partial charge >= 0.3 is 5.97 Å². The number of ether oxygens (including phenoxy) is 1.